The number of benzene rings is 1. The number of nitrogens with zero attached hydrogens (tertiary/aromatic N) is 1. The smallest absolute Gasteiger partial charge is 0.123 e. The van der Waals surface area contributed by atoms with Gasteiger partial charge in [-0.15, -0.1) is 0 Å². The lowest BCUT2D eigenvalue weighted by Gasteiger charge is -2.26. The van der Waals surface area contributed by atoms with Crippen LogP contribution in [0.1, 0.15) is 17.0 Å². The van der Waals surface area contributed by atoms with Gasteiger partial charge in [-0.2, -0.15) is 5.26 Å². The molecule has 0 aromatic heterocycles. The average Bonchev–Trinajstić information content (AvgIpc) is 2.07. The lowest BCUT2D eigenvalue weighted by atomic mass is 9.78. The van der Waals surface area contributed by atoms with E-state index in [1.165, 1.54) is 5.56 Å². The third kappa shape index (κ3) is 0.799. The lowest BCUT2D eigenvalue weighted by molar-refractivity contribution is 0.402. The van der Waals surface area contributed by atoms with Gasteiger partial charge in [-0.05, 0) is 18.1 Å². The van der Waals surface area contributed by atoms with Crippen LogP contribution in [0.3, 0.4) is 0 Å². The van der Waals surface area contributed by atoms with Gasteiger partial charge in [0.25, 0.3) is 0 Å². The summed E-state index contributed by atoms with van der Waals surface area (Å²) in [6.45, 7) is 0. The van der Waals surface area contributed by atoms with Crippen molar-refractivity contribution in [3.63, 3.8) is 0 Å². The molecule has 0 saturated heterocycles. The SMILES string of the molecule is COc1cccc2c1C(C#N)C2. The van der Waals surface area contributed by atoms with Crippen LogP contribution in [0.4, 0.5) is 0 Å². The molecule has 2 heteroatoms. The van der Waals surface area contributed by atoms with Crippen LogP contribution in [0.2, 0.25) is 0 Å². The Balaban J connectivity index is 2.48. The first-order chi connectivity index (χ1) is 5.86. The number of hydrogen-bond acceptors (Lipinski definition) is 2. The van der Waals surface area contributed by atoms with Crippen LogP contribution in [0.25, 0.3) is 0 Å². The summed E-state index contributed by atoms with van der Waals surface area (Å²) in [7, 11) is 1.64. The highest BCUT2D eigenvalue weighted by Gasteiger charge is 2.29. The minimum Gasteiger partial charge on any atom is -0.496 e. The molecule has 0 spiro atoms. The van der Waals surface area contributed by atoms with Crippen molar-refractivity contribution in [3.8, 4) is 11.8 Å². The third-order valence-electron chi connectivity index (χ3n) is 2.30. The van der Waals surface area contributed by atoms with E-state index in [9.17, 15) is 0 Å². The summed E-state index contributed by atoms with van der Waals surface area (Å²) in [5.74, 6) is 0.904. The van der Waals surface area contributed by atoms with Crippen molar-refractivity contribution < 1.29 is 4.74 Å². The fourth-order valence-electron chi connectivity index (χ4n) is 1.64. The van der Waals surface area contributed by atoms with Crippen LogP contribution in [0.5, 0.6) is 5.75 Å². The third-order valence-corrected chi connectivity index (χ3v) is 2.30. The maximum atomic E-state index is 8.75. The van der Waals surface area contributed by atoms with E-state index in [4.69, 9.17) is 10.00 Å². The molecule has 0 N–H and O–H groups in total. The van der Waals surface area contributed by atoms with E-state index >= 15 is 0 Å². The molecule has 1 unspecified atom stereocenters. The van der Waals surface area contributed by atoms with E-state index in [1.807, 2.05) is 18.2 Å². The maximum absolute atomic E-state index is 8.75. The minimum atomic E-state index is 0.0520. The highest BCUT2D eigenvalue weighted by atomic mass is 16.5. The number of ether oxygens (including phenoxy) is 1. The molecule has 1 aromatic carbocycles. The summed E-state index contributed by atoms with van der Waals surface area (Å²) >= 11 is 0. The van der Waals surface area contributed by atoms with Crippen molar-refractivity contribution in [2.24, 2.45) is 0 Å². The molecule has 12 heavy (non-hydrogen) atoms. The van der Waals surface area contributed by atoms with Crippen LogP contribution in [0.15, 0.2) is 18.2 Å². The summed E-state index contributed by atoms with van der Waals surface area (Å²) < 4.78 is 5.16. The van der Waals surface area contributed by atoms with Gasteiger partial charge < -0.3 is 4.74 Å². The second kappa shape index (κ2) is 2.53. The molecule has 0 radical (unpaired) electrons. The second-order valence-corrected chi connectivity index (χ2v) is 2.92. The van der Waals surface area contributed by atoms with E-state index in [-0.39, 0.29) is 5.92 Å². The summed E-state index contributed by atoms with van der Waals surface area (Å²) in [6, 6.07) is 8.17. The number of nitriles is 1. The molecule has 0 saturated carbocycles. The van der Waals surface area contributed by atoms with E-state index in [0.717, 1.165) is 17.7 Å². The van der Waals surface area contributed by atoms with Gasteiger partial charge in [0.1, 0.15) is 5.75 Å². The summed E-state index contributed by atoms with van der Waals surface area (Å²) in [5, 5.41) is 8.75. The van der Waals surface area contributed by atoms with E-state index in [2.05, 4.69) is 6.07 Å². The Hall–Kier alpha value is -1.49. The number of fused-ring (bicyclic) bond motifs is 1. The number of methoxy groups -OCH3 is 1. The lowest BCUT2D eigenvalue weighted by Crippen LogP contribution is -2.16. The van der Waals surface area contributed by atoms with Gasteiger partial charge in [0.2, 0.25) is 0 Å². The molecule has 0 fully saturated rings. The first kappa shape index (κ1) is 7.17. The average molecular weight is 159 g/mol. The van der Waals surface area contributed by atoms with Gasteiger partial charge in [-0.1, -0.05) is 12.1 Å². The summed E-state index contributed by atoms with van der Waals surface area (Å²) in [4.78, 5) is 0. The van der Waals surface area contributed by atoms with Crippen molar-refractivity contribution in [2.75, 3.05) is 7.11 Å². The Kier molecular flexibility index (Phi) is 1.51. The van der Waals surface area contributed by atoms with Crippen LogP contribution in [-0.2, 0) is 6.42 Å². The monoisotopic (exact) mass is 159 g/mol. The highest BCUT2D eigenvalue weighted by Crippen LogP contribution is 2.40. The van der Waals surface area contributed by atoms with Crippen LogP contribution in [0, 0.1) is 11.3 Å². The van der Waals surface area contributed by atoms with Crippen LogP contribution >= 0.6 is 0 Å². The molecule has 0 bridgehead atoms. The van der Waals surface area contributed by atoms with Crippen molar-refractivity contribution >= 4 is 0 Å². The topological polar surface area (TPSA) is 33.0 Å². The first-order valence-electron chi connectivity index (χ1n) is 3.92. The molecule has 2 rings (SSSR count). The predicted molar refractivity (Wildman–Crippen MR) is 45.1 cm³/mol. The number of hydrogen-bond donors (Lipinski definition) is 0. The molecule has 0 amide bonds. The fourth-order valence-corrected chi connectivity index (χ4v) is 1.64. The normalized spacial score (nSPS) is 18.8. The first-order valence-corrected chi connectivity index (χ1v) is 3.92. The second-order valence-electron chi connectivity index (χ2n) is 2.92. The molecule has 1 aliphatic carbocycles. The van der Waals surface area contributed by atoms with Gasteiger partial charge in [0.15, 0.2) is 0 Å². The Morgan fingerprint density at radius 2 is 2.42 bits per heavy atom. The highest BCUT2D eigenvalue weighted by molar-refractivity contribution is 5.52. The van der Waals surface area contributed by atoms with Gasteiger partial charge in [-0.25, -0.2) is 0 Å². The summed E-state index contributed by atoms with van der Waals surface area (Å²) in [5.41, 5.74) is 2.34. The molecule has 0 heterocycles. The van der Waals surface area contributed by atoms with E-state index < -0.39 is 0 Å². The standard InChI is InChI=1S/C10H9NO/c1-12-9-4-2-3-7-5-8(6-11)10(7)9/h2-4,8H,5H2,1H3. The Labute approximate surface area is 71.4 Å². The van der Waals surface area contributed by atoms with E-state index in [1.54, 1.807) is 7.11 Å². The number of rotatable bonds is 1. The molecule has 1 atom stereocenters. The zero-order valence-corrected chi connectivity index (χ0v) is 6.87. The minimum absolute atomic E-state index is 0.0520. The molecule has 1 aromatic rings. The van der Waals surface area contributed by atoms with Crippen LogP contribution < -0.4 is 4.74 Å². The van der Waals surface area contributed by atoms with Crippen molar-refractivity contribution in [1.82, 2.24) is 0 Å². The zero-order valence-electron chi connectivity index (χ0n) is 6.87. The molecular formula is C10H9NO. The van der Waals surface area contributed by atoms with Crippen molar-refractivity contribution in [1.29, 1.82) is 5.26 Å². The Morgan fingerprint density at radius 1 is 1.58 bits per heavy atom. The zero-order chi connectivity index (χ0) is 8.55. The quantitative estimate of drug-likeness (QED) is 0.626. The Morgan fingerprint density at radius 3 is 3.08 bits per heavy atom. The largest absolute Gasteiger partial charge is 0.496 e. The molecular weight excluding hydrogens is 150 g/mol. The van der Waals surface area contributed by atoms with Gasteiger partial charge in [0.05, 0.1) is 19.1 Å². The Bertz CT molecular complexity index is 351. The molecule has 60 valence electrons. The predicted octanol–water partition coefficient (Wildman–Crippen LogP) is 1.86. The van der Waals surface area contributed by atoms with Gasteiger partial charge in [-0.3, -0.25) is 0 Å². The van der Waals surface area contributed by atoms with Gasteiger partial charge >= 0.3 is 0 Å². The van der Waals surface area contributed by atoms with Crippen LogP contribution in [-0.4, -0.2) is 7.11 Å². The van der Waals surface area contributed by atoms with Gasteiger partial charge in [0, 0.05) is 5.56 Å². The van der Waals surface area contributed by atoms with Crippen molar-refractivity contribution in [3.05, 3.63) is 29.3 Å². The molecule has 1 aliphatic rings. The maximum Gasteiger partial charge on any atom is 0.123 e. The fraction of sp³-hybridized carbons (Fsp3) is 0.300. The van der Waals surface area contributed by atoms with E-state index in [0.29, 0.717) is 0 Å². The molecule has 0 aliphatic heterocycles. The molecule has 2 nitrogen and oxygen atoms in total. The summed E-state index contributed by atoms with van der Waals surface area (Å²) in [6.07, 6.45) is 0.878. The van der Waals surface area contributed by atoms with Crippen molar-refractivity contribution in [2.45, 2.75) is 12.3 Å².